The molecule has 0 radical (unpaired) electrons. The van der Waals surface area contributed by atoms with Gasteiger partial charge >= 0.3 is 0 Å². The van der Waals surface area contributed by atoms with Gasteiger partial charge in [0.2, 0.25) is 15.9 Å². The van der Waals surface area contributed by atoms with Gasteiger partial charge < -0.3 is 16.0 Å². The Morgan fingerprint density at radius 2 is 1.82 bits per heavy atom. The highest BCUT2D eigenvalue weighted by Gasteiger charge is 2.31. The molecule has 0 spiro atoms. The van der Waals surface area contributed by atoms with Gasteiger partial charge in [-0.1, -0.05) is 36.4 Å². The largest absolute Gasteiger partial charge is 0.326 e. The van der Waals surface area contributed by atoms with Gasteiger partial charge in [-0.25, -0.2) is 13.6 Å². The lowest BCUT2D eigenvalue weighted by atomic mass is 9.95. The summed E-state index contributed by atoms with van der Waals surface area (Å²) in [6, 6.07) is 16.1. The number of hydrogen-bond acceptors (Lipinski definition) is 5. The Balaban J connectivity index is 0.00000280. The van der Waals surface area contributed by atoms with E-state index in [0.29, 0.717) is 18.7 Å². The van der Waals surface area contributed by atoms with Gasteiger partial charge in [0.25, 0.3) is 0 Å². The second-order valence-electron chi connectivity index (χ2n) is 6.81. The Morgan fingerprint density at radius 1 is 1.11 bits per heavy atom. The Labute approximate surface area is 171 Å². The highest BCUT2D eigenvalue weighted by atomic mass is 35.5. The maximum atomic E-state index is 12.2. The van der Waals surface area contributed by atoms with E-state index in [1.807, 2.05) is 18.2 Å². The third-order valence-electron chi connectivity index (χ3n) is 4.77. The monoisotopic (exact) mass is 424 g/mol. The van der Waals surface area contributed by atoms with E-state index in [-0.39, 0.29) is 35.2 Å². The summed E-state index contributed by atoms with van der Waals surface area (Å²) in [4.78, 5) is 14.4. The quantitative estimate of drug-likeness (QED) is 0.649. The van der Waals surface area contributed by atoms with Crippen LogP contribution in [0.2, 0.25) is 0 Å². The molecule has 0 aliphatic carbocycles. The lowest BCUT2D eigenvalue weighted by molar-refractivity contribution is -0.116. The maximum absolute atomic E-state index is 12.2. The fraction of sp³-hybridized carbons (Fsp3) is 0.316. The van der Waals surface area contributed by atoms with Crippen molar-refractivity contribution in [3.63, 3.8) is 0 Å². The minimum Gasteiger partial charge on any atom is -0.326 e. The lowest BCUT2D eigenvalue weighted by Crippen LogP contribution is -2.30. The number of anilines is 1. The third-order valence-corrected chi connectivity index (χ3v) is 5.68. The van der Waals surface area contributed by atoms with E-state index in [1.165, 1.54) is 17.7 Å². The molecule has 1 saturated heterocycles. The smallest absolute Gasteiger partial charge is 0.238 e. The molecule has 1 aliphatic heterocycles. The molecule has 152 valence electrons. The molecule has 1 aliphatic rings. The van der Waals surface area contributed by atoms with Crippen LogP contribution in [0, 0.1) is 0 Å². The van der Waals surface area contributed by atoms with Crippen LogP contribution in [0.3, 0.4) is 0 Å². The van der Waals surface area contributed by atoms with Crippen molar-refractivity contribution >= 4 is 34.0 Å². The molecule has 0 aromatic heterocycles. The van der Waals surface area contributed by atoms with E-state index in [2.05, 4.69) is 22.3 Å². The van der Waals surface area contributed by atoms with Crippen LogP contribution in [0.1, 0.15) is 17.9 Å². The summed E-state index contributed by atoms with van der Waals surface area (Å²) in [5.74, 6) is 0.0824. The molecule has 2 aromatic rings. The van der Waals surface area contributed by atoms with Crippen LogP contribution in [0.15, 0.2) is 59.5 Å². The van der Waals surface area contributed by atoms with Crippen LogP contribution in [-0.4, -0.2) is 44.9 Å². The molecular weight excluding hydrogens is 400 g/mol. The Morgan fingerprint density at radius 3 is 2.50 bits per heavy atom. The first-order valence-corrected chi connectivity index (χ1v) is 10.3. The third kappa shape index (κ3) is 5.76. The molecule has 1 amide bonds. The van der Waals surface area contributed by atoms with Crippen LogP contribution >= 0.6 is 12.4 Å². The predicted molar refractivity (Wildman–Crippen MR) is 112 cm³/mol. The van der Waals surface area contributed by atoms with Crippen molar-refractivity contribution in [2.75, 3.05) is 25.0 Å². The van der Waals surface area contributed by atoms with Crippen molar-refractivity contribution < 1.29 is 13.2 Å². The number of nitrogens with zero attached hydrogens (tertiary/aromatic N) is 1. The van der Waals surface area contributed by atoms with Gasteiger partial charge in [0.1, 0.15) is 0 Å². The van der Waals surface area contributed by atoms with Crippen LogP contribution in [-0.2, 0) is 14.8 Å². The lowest BCUT2D eigenvalue weighted by Gasteiger charge is -2.16. The highest BCUT2D eigenvalue weighted by Crippen LogP contribution is 2.26. The fourth-order valence-electron chi connectivity index (χ4n) is 3.38. The van der Waals surface area contributed by atoms with Gasteiger partial charge in [0, 0.05) is 43.7 Å². The highest BCUT2D eigenvalue weighted by molar-refractivity contribution is 7.89. The number of carbonyl (C=O) groups is 1. The standard InChI is InChI=1S/C19H24N4O3S.ClH/c20-18-13-23(12-17(18)14-5-2-1-3-6-14)10-9-19(24)22-15-7-4-8-16(11-15)27(21,25)26;/h1-8,11,17-18H,9-10,12-13,20H2,(H,22,24)(H2,21,25,26);1H/t17-,18+;/m0./s1. The van der Waals surface area contributed by atoms with Crippen molar-refractivity contribution in [3.8, 4) is 0 Å². The second kappa shape index (κ2) is 9.49. The number of sulfonamides is 1. The number of primary sulfonamides is 1. The van der Waals surface area contributed by atoms with Crippen molar-refractivity contribution in [2.24, 2.45) is 10.9 Å². The number of nitrogens with two attached hydrogens (primary N) is 2. The number of hydrogen-bond donors (Lipinski definition) is 3. The van der Waals surface area contributed by atoms with Crippen LogP contribution in [0.4, 0.5) is 5.69 Å². The second-order valence-corrected chi connectivity index (χ2v) is 8.37. The zero-order valence-corrected chi connectivity index (χ0v) is 17.0. The molecule has 3 rings (SSSR count). The zero-order chi connectivity index (χ0) is 19.4. The number of halogens is 1. The molecule has 9 heteroatoms. The maximum Gasteiger partial charge on any atom is 0.238 e. The molecule has 0 saturated carbocycles. The molecule has 2 atom stereocenters. The van der Waals surface area contributed by atoms with Crippen LogP contribution in [0.5, 0.6) is 0 Å². The average Bonchev–Trinajstić information content (AvgIpc) is 3.01. The summed E-state index contributed by atoms with van der Waals surface area (Å²) >= 11 is 0. The van der Waals surface area contributed by atoms with E-state index in [4.69, 9.17) is 10.9 Å². The molecular formula is C19H25ClN4O3S. The summed E-state index contributed by atoms with van der Waals surface area (Å²) in [6.07, 6.45) is 0.299. The average molecular weight is 425 g/mol. The van der Waals surface area contributed by atoms with E-state index in [1.54, 1.807) is 12.1 Å². The van der Waals surface area contributed by atoms with Gasteiger partial charge in [-0.05, 0) is 23.8 Å². The molecule has 28 heavy (non-hydrogen) atoms. The van der Waals surface area contributed by atoms with Gasteiger partial charge in [0.15, 0.2) is 0 Å². The first-order chi connectivity index (χ1) is 12.8. The van der Waals surface area contributed by atoms with E-state index < -0.39 is 10.0 Å². The molecule has 1 fully saturated rings. The van der Waals surface area contributed by atoms with Gasteiger partial charge in [-0.2, -0.15) is 0 Å². The number of rotatable bonds is 6. The van der Waals surface area contributed by atoms with Crippen molar-refractivity contribution in [1.29, 1.82) is 0 Å². The van der Waals surface area contributed by atoms with Gasteiger partial charge in [0.05, 0.1) is 4.90 Å². The molecule has 1 heterocycles. The molecule has 2 aromatic carbocycles. The van der Waals surface area contributed by atoms with Gasteiger partial charge in [-0.3, -0.25) is 4.79 Å². The first kappa shape index (κ1) is 22.3. The van der Waals surface area contributed by atoms with Crippen LogP contribution < -0.4 is 16.2 Å². The number of amides is 1. The summed E-state index contributed by atoms with van der Waals surface area (Å²) < 4.78 is 22.8. The minimum atomic E-state index is -3.80. The molecule has 7 nitrogen and oxygen atoms in total. The van der Waals surface area contributed by atoms with E-state index >= 15 is 0 Å². The summed E-state index contributed by atoms with van der Waals surface area (Å²) in [7, 11) is -3.80. The SMILES string of the molecule is Cl.N[C@@H]1CN(CCC(=O)Nc2cccc(S(N)(=O)=O)c2)C[C@H]1c1ccccc1. The number of likely N-dealkylation sites (tertiary alicyclic amines) is 1. The first-order valence-electron chi connectivity index (χ1n) is 8.78. The number of carbonyl (C=O) groups excluding carboxylic acids is 1. The van der Waals surface area contributed by atoms with E-state index in [9.17, 15) is 13.2 Å². The minimum absolute atomic E-state index is 0. The topological polar surface area (TPSA) is 119 Å². The molecule has 5 N–H and O–H groups in total. The Kier molecular flexibility index (Phi) is 7.56. The Hall–Kier alpha value is -1.97. The van der Waals surface area contributed by atoms with Crippen molar-refractivity contribution in [2.45, 2.75) is 23.3 Å². The van der Waals surface area contributed by atoms with Crippen LogP contribution in [0.25, 0.3) is 0 Å². The van der Waals surface area contributed by atoms with Crippen molar-refractivity contribution in [1.82, 2.24) is 4.90 Å². The Bertz CT molecular complexity index is 908. The normalized spacial score (nSPS) is 19.8. The van der Waals surface area contributed by atoms with Crippen molar-refractivity contribution in [3.05, 3.63) is 60.2 Å². The zero-order valence-electron chi connectivity index (χ0n) is 15.3. The van der Waals surface area contributed by atoms with Gasteiger partial charge in [-0.15, -0.1) is 12.4 Å². The summed E-state index contributed by atoms with van der Waals surface area (Å²) in [6.45, 7) is 2.16. The number of benzene rings is 2. The fourth-order valence-corrected chi connectivity index (χ4v) is 3.94. The number of nitrogens with one attached hydrogen (secondary N) is 1. The van der Waals surface area contributed by atoms with E-state index in [0.717, 1.165) is 13.1 Å². The molecule has 0 bridgehead atoms. The predicted octanol–water partition coefficient (Wildman–Crippen LogP) is 1.51. The summed E-state index contributed by atoms with van der Waals surface area (Å²) in [5, 5.41) is 7.83. The molecule has 0 unspecified atom stereocenters. The summed E-state index contributed by atoms with van der Waals surface area (Å²) in [5.41, 5.74) is 7.91.